The molecular formula is C17H20N6O2S. The summed E-state index contributed by atoms with van der Waals surface area (Å²) in [6.07, 6.45) is 1.67. The van der Waals surface area contributed by atoms with Gasteiger partial charge in [0.15, 0.2) is 5.82 Å². The zero-order valence-electron chi connectivity index (χ0n) is 14.8. The highest BCUT2D eigenvalue weighted by atomic mass is 32.2. The van der Waals surface area contributed by atoms with E-state index in [1.165, 1.54) is 11.8 Å². The average molecular weight is 372 g/mol. The van der Waals surface area contributed by atoms with Crippen molar-refractivity contribution in [2.75, 3.05) is 18.2 Å². The summed E-state index contributed by atoms with van der Waals surface area (Å²) < 4.78 is 6.90. The van der Waals surface area contributed by atoms with Gasteiger partial charge >= 0.3 is 0 Å². The van der Waals surface area contributed by atoms with Gasteiger partial charge in [0.25, 0.3) is 0 Å². The molecule has 2 heterocycles. The van der Waals surface area contributed by atoms with Crippen molar-refractivity contribution in [1.29, 1.82) is 0 Å². The molecule has 0 aliphatic carbocycles. The van der Waals surface area contributed by atoms with Gasteiger partial charge in [0.2, 0.25) is 11.1 Å². The van der Waals surface area contributed by atoms with E-state index < -0.39 is 0 Å². The molecule has 0 atom stereocenters. The fourth-order valence-electron chi connectivity index (χ4n) is 2.32. The van der Waals surface area contributed by atoms with Crippen molar-refractivity contribution in [3.05, 3.63) is 36.5 Å². The second-order valence-electron chi connectivity index (χ2n) is 5.79. The van der Waals surface area contributed by atoms with Gasteiger partial charge in [-0.3, -0.25) is 9.89 Å². The van der Waals surface area contributed by atoms with Gasteiger partial charge in [-0.15, -0.1) is 5.10 Å². The molecule has 0 radical (unpaired) electrons. The third-order valence-corrected chi connectivity index (χ3v) is 4.43. The monoisotopic (exact) mass is 372 g/mol. The first kappa shape index (κ1) is 18.0. The van der Waals surface area contributed by atoms with E-state index in [0.29, 0.717) is 16.8 Å². The first-order valence-corrected chi connectivity index (χ1v) is 9.08. The molecule has 0 saturated carbocycles. The Morgan fingerprint density at radius 1 is 1.31 bits per heavy atom. The van der Waals surface area contributed by atoms with Crippen LogP contribution in [-0.4, -0.2) is 43.7 Å². The molecule has 0 aliphatic rings. The number of nitrogens with one attached hydrogen (secondary N) is 2. The predicted molar refractivity (Wildman–Crippen MR) is 100 cm³/mol. The van der Waals surface area contributed by atoms with Crippen molar-refractivity contribution >= 4 is 23.5 Å². The van der Waals surface area contributed by atoms with Gasteiger partial charge < -0.3 is 10.1 Å². The number of amides is 1. The Bertz CT molecular complexity index is 872. The highest BCUT2D eigenvalue weighted by Gasteiger charge is 2.12. The fraction of sp³-hybridized carbons (Fsp3) is 0.294. The molecule has 3 rings (SSSR count). The van der Waals surface area contributed by atoms with Crippen molar-refractivity contribution < 1.29 is 9.53 Å². The van der Waals surface area contributed by atoms with Crippen LogP contribution in [0.25, 0.3) is 11.4 Å². The number of hydrogen-bond donors (Lipinski definition) is 2. The quantitative estimate of drug-likeness (QED) is 0.619. The van der Waals surface area contributed by atoms with Crippen LogP contribution in [-0.2, 0) is 4.79 Å². The lowest BCUT2D eigenvalue weighted by atomic mass is 10.2. The standard InChI is InChI=1S/C17H20N6O2S/c1-11(2)23-14(8-9-18-23)19-15(24)10-26-17-20-16(21-22-17)12-4-6-13(25-3)7-5-12/h4-9,11H,10H2,1-3H3,(H,19,24)(H,20,21,22). The molecule has 2 aromatic heterocycles. The lowest BCUT2D eigenvalue weighted by Crippen LogP contribution is -2.18. The smallest absolute Gasteiger partial charge is 0.235 e. The van der Waals surface area contributed by atoms with Crippen LogP contribution < -0.4 is 10.1 Å². The maximum absolute atomic E-state index is 12.2. The highest BCUT2D eigenvalue weighted by molar-refractivity contribution is 7.99. The molecular weight excluding hydrogens is 352 g/mol. The van der Waals surface area contributed by atoms with Crippen LogP contribution >= 0.6 is 11.8 Å². The van der Waals surface area contributed by atoms with Crippen molar-refractivity contribution in [3.8, 4) is 17.1 Å². The minimum absolute atomic E-state index is 0.131. The number of carbonyl (C=O) groups excluding carboxylic acids is 1. The zero-order valence-corrected chi connectivity index (χ0v) is 15.6. The van der Waals surface area contributed by atoms with Crippen LogP contribution in [0.2, 0.25) is 0 Å². The van der Waals surface area contributed by atoms with E-state index in [4.69, 9.17) is 4.74 Å². The molecule has 3 aromatic rings. The molecule has 8 nitrogen and oxygen atoms in total. The summed E-state index contributed by atoms with van der Waals surface area (Å²) >= 11 is 1.27. The molecule has 26 heavy (non-hydrogen) atoms. The van der Waals surface area contributed by atoms with Gasteiger partial charge in [-0.1, -0.05) is 11.8 Å². The number of aromatic amines is 1. The summed E-state index contributed by atoms with van der Waals surface area (Å²) in [5.41, 5.74) is 0.899. The predicted octanol–water partition coefficient (Wildman–Crippen LogP) is 2.99. The van der Waals surface area contributed by atoms with Gasteiger partial charge in [0.05, 0.1) is 19.1 Å². The van der Waals surface area contributed by atoms with Crippen molar-refractivity contribution in [3.63, 3.8) is 0 Å². The largest absolute Gasteiger partial charge is 0.497 e. The molecule has 2 N–H and O–H groups in total. The number of thioether (sulfide) groups is 1. The number of hydrogen-bond acceptors (Lipinski definition) is 6. The highest BCUT2D eigenvalue weighted by Crippen LogP contribution is 2.22. The fourth-order valence-corrected chi connectivity index (χ4v) is 2.92. The number of carbonyl (C=O) groups is 1. The average Bonchev–Trinajstić information content (AvgIpc) is 3.29. The van der Waals surface area contributed by atoms with Gasteiger partial charge in [0, 0.05) is 17.7 Å². The normalized spacial score (nSPS) is 10.9. The number of H-pyrrole nitrogens is 1. The Hall–Kier alpha value is -2.81. The summed E-state index contributed by atoms with van der Waals surface area (Å²) in [7, 11) is 1.62. The maximum atomic E-state index is 12.2. The summed E-state index contributed by atoms with van der Waals surface area (Å²) in [4.78, 5) is 16.6. The van der Waals surface area contributed by atoms with Crippen LogP contribution in [0.15, 0.2) is 41.7 Å². The lowest BCUT2D eigenvalue weighted by molar-refractivity contribution is -0.113. The van der Waals surface area contributed by atoms with Crippen LogP contribution in [0.4, 0.5) is 5.82 Å². The number of ether oxygens (including phenoxy) is 1. The Morgan fingerprint density at radius 3 is 2.77 bits per heavy atom. The third-order valence-electron chi connectivity index (χ3n) is 3.59. The SMILES string of the molecule is COc1ccc(-c2nc(SCC(=O)Nc3ccnn3C(C)C)n[nH]2)cc1. The summed E-state index contributed by atoms with van der Waals surface area (Å²) in [6.45, 7) is 4.01. The topological polar surface area (TPSA) is 97.7 Å². The first-order valence-electron chi connectivity index (χ1n) is 8.10. The Balaban J connectivity index is 1.57. The van der Waals surface area contributed by atoms with E-state index in [1.807, 2.05) is 38.1 Å². The Labute approximate surface area is 155 Å². The van der Waals surface area contributed by atoms with Gasteiger partial charge in [-0.25, -0.2) is 9.67 Å². The third kappa shape index (κ3) is 4.23. The van der Waals surface area contributed by atoms with E-state index in [1.54, 1.807) is 24.1 Å². The Morgan fingerprint density at radius 2 is 2.08 bits per heavy atom. The molecule has 0 unspecified atom stereocenters. The minimum Gasteiger partial charge on any atom is -0.497 e. The first-order chi connectivity index (χ1) is 12.6. The maximum Gasteiger partial charge on any atom is 0.235 e. The van der Waals surface area contributed by atoms with Crippen LogP contribution in [0.3, 0.4) is 0 Å². The molecule has 1 amide bonds. The number of methoxy groups -OCH3 is 1. The van der Waals surface area contributed by atoms with Crippen LogP contribution in [0, 0.1) is 0 Å². The summed E-state index contributed by atoms with van der Waals surface area (Å²) in [5, 5.41) is 14.6. The number of rotatable bonds is 7. The van der Waals surface area contributed by atoms with E-state index in [-0.39, 0.29) is 17.7 Å². The molecule has 0 saturated heterocycles. The molecule has 1 aromatic carbocycles. The van der Waals surface area contributed by atoms with E-state index in [2.05, 4.69) is 25.6 Å². The molecule has 136 valence electrons. The molecule has 0 spiro atoms. The number of aromatic nitrogens is 5. The van der Waals surface area contributed by atoms with Crippen molar-refractivity contribution in [2.24, 2.45) is 0 Å². The number of nitrogens with zero attached hydrogens (tertiary/aromatic N) is 4. The van der Waals surface area contributed by atoms with Crippen LogP contribution in [0.5, 0.6) is 5.75 Å². The molecule has 0 bridgehead atoms. The van der Waals surface area contributed by atoms with E-state index >= 15 is 0 Å². The molecule has 0 fully saturated rings. The second-order valence-corrected chi connectivity index (χ2v) is 6.73. The minimum atomic E-state index is -0.131. The Kier molecular flexibility index (Phi) is 5.57. The van der Waals surface area contributed by atoms with Crippen LogP contribution in [0.1, 0.15) is 19.9 Å². The number of anilines is 1. The number of benzene rings is 1. The van der Waals surface area contributed by atoms with Gasteiger partial charge in [-0.2, -0.15) is 5.10 Å². The van der Waals surface area contributed by atoms with E-state index in [9.17, 15) is 4.79 Å². The second kappa shape index (κ2) is 8.05. The van der Waals surface area contributed by atoms with E-state index in [0.717, 1.165) is 11.3 Å². The van der Waals surface area contributed by atoms with Gasteiger partial charge in [0.1, 0.15) is 11.6 Å². The van der Waals surface area contributed by atoms with Gasteiger partial charge in [-0.05, 0) is 38.1 Å². The van der Waals surface area contributed by atoms with Crippen molar-refractivity contribution in [2.45, 2.75) is 25.0 Å². The molecule has 0 aliphatic heterocycles. The zero-order chi connectivity index (χ0) is 18.5. The summed E-state index contributed by atoms with van der Waals surface area (Å²) in [6, 6.07) is 9.46. The lowest BCUT2D eigenvalue weighted by Gasteiger charge is -2.11. The molecule has 9 heteroatoms. The van der Waals surface area contributed by atoms with Crippen molar-refractivity contribution in [1.82, 2.24) is 25.0 Å². The summed E-state index contributed by atoms with van der Waals surface area (Å²) in [5.74, 6) is 2.18.